The summed E-state index contributed by atoms with van der Waals surface area (Å²) in [5, 5.41) is 2.75. The molecular weight excluding hydrogens is 626 g/mol. The first-order chi connectivity index (χ1) is 20.0. The second-order valence-electron chi connectivity index (χ2n) is 9.18. The summed E-state index contributed by atoms with van der Waals surface area (Å²) in [4.78, 5) is 28.1. The molecule has 1 atom stereocenters. The Labute approximate surface area is 255 Å². The largest absolute Gasteiger partial charge is 0.494 e. The first kappa shape index (κ1) is 32.7. The maximum atomic E-state index is 14.1. The van der Waals surface area contributed by atoms with Crippen LogP contribution in [-0.2, 0) is 26.2 Å². The van der Waals surface area contributed by atoms with Gasteiger partial charge >= 0.3 is 0 Å². The summed E-state index contributed by atoms with van der Waals surface area (Å²) in [7, 11) is -1.44. The maximum Gasteiger partial charge on any atom is 0.264 e. The smallest absolute Gasteiger partial charge is 0.264 e. The van der Waals surface area contributed by atoms with Crippen molar-refractivity contribution in [3.63, 3.8) is 0 Å². The van der Waals surface area contributed by atoms with Crippen molar-refractivity contribution in [1.29, 1.82) is 0 Å². The molecule has 3 rings (SSSR count). The van der Waals surface area contributed by atoms with Gasteiger partial charge in [0.2, 0.25) is 11.8 Å². The third-order valence-corrected chi connectivity index (χ3v) is 8.68. The number of likely N-dealkylation sites (N-methyl/N-ethyl adjacent to an activating group) is 1. The monoisotopic (exact) mass is 661 g/mol. The number of benzene rings is 3. The fourth-order valence-electron chi connectivity index (χ4n) is 4.24. The van der Waals surface area contributed by atoms with E-state index in [-0.39, 0.29) is 28.8 Å². The molecule has 3 aromatic carbocycles. The minimum atomic E-state index is -4.30. The zero-order valence-corrected chi connectivity index (χ0v) is 26.7. The fourth-order valence-corrected chi connectivity index (χ4v) is 6.12. The van der Waals surface area contributed by atoms with Crippen LogP contribution < -0.4 is 23.8 Å². The van der Waals surface area contributed by atoms with Crippen LogP contribution in [0.5, 0.6) is 17.2 Å². The predicted octanol–water partition coefficient (Wildman–Crippen LogP) is 4.61. The zero-order chi connectivity index (χ0) is 30.9. The van der Waals surface area contributed by atoms with Crippen molar-refractivity contribution in [2.45, 2.75) is 38.3 Å². The second-order valence-corrected chi connectivity index (χ2v) is 12.0. The van der Waals surface area contributed by atoms with Crippen LogP contribution in [0.1, 0.15) is 26.3 Å². The summed E-state index contributed by atoms with van der Waals surface area (Å²) in [5.74, 6) is 0.217. The van der Waals surface area contributed by atoms with E-state index >= 15 is 0 Å². The Bertz CT molecular complexity index is 1480. The van der Waals surface area contributed by atoms with Crippen molar-refractivity contribution in [2.75, 3.05) is 38.2 Å². The summed E-state index contributed by atoms with van der Waals surface area (Å²) < 4.78 is 46.2. The Kier molecular flexibility index (Phi) is 11.6. The van der Waals surface area contributed by atoms with Gasteiger partial charge in [0.05, 0.1) is 31.4 Å². The molecule has 0 aliphatic carbocycles. The number of carbonyl (C=O) groups is 2. The van der Waals surface area contributed by atoms with E-state index < -0.39 is 28.5 Å². The Morgan fingerprint density at radius 1 is 0.952 bits per heavy atom. The van der Waals surface area contributed by atoms with Gasteiger partial charge in [-0.1, -0.05) is 28.1 Å². The first-order valence-electron chi connectivity index (χ1n) is 13.3. The fraction of sp³-hybridized carbons (Fsp3) is 0.333. The molecular formula is C30H36BrN3O7S. The number of methoxy groups -OCH3 is 2. The van der Waals surface area contributed by atoms with Crippen LogP contribution in [0.25, 0.3) is 0 Å². The lowest BCUT2D eigenvalue weighted by Crippen LogP contribution is -2.51. The molecule has 0 aliphatic heterocycles. The van der Waals surface area contributed by atoms with Crippen molar-refractivity contribution in [1.82, 2.24) is 10.2 Å². The lowest BCUT2D eigenvalue weighted by atomic mass is 10.1. The van der Waals surface area contributed by atoms with Gasteiger partial charge in [-0.2, -0.15) is 0 Å². The Balaban J connectivity index is 2.08. The van der Waals surface area contributed by atoms with Crippen LogP contribution in [0, 0.1) is 0 Å². The maximum absolute atomic E-state index is 14.1. The highest BCUT2D eigenvalue weighted by Gasteiger charge is 2.33. The first-order valence-corrected chi connectivity index (χ1v) is 15.6. The topological polar surface area (TPSA) is 114 Å². The van der Waals surface area contributed by atoms with E-state index in [1.165, 1.54) is 37.3 Å². The normalized spacial score (nSPS) is 11.8. The molecule has 1 N–H and O–H groups in total. The number of hydrogen-bond acceptors (Lipinski definition) is 7. The molecule has 0 fully saturated rings. The van der Waals surface area contributed by atoms with Crippen LogP contribution in [0.4, 0.5) is 5.69 Å². The van der Waals surface area contributed by atoms with Crippen LogP contribution in [-0.4, -0.2) is 65.1 Å². The van der Waals surface area contributed by atoms with Gasteiger partial charge < -0.3 is 24.4 Å². The van der Waals surface area contributed by atoms with Gasteiger partial charge in [-0.15, -0.1) is 0 Å². The highest BCUT2D eigenvalue weighted by molar-refractivity contribution is 9.10. The van der Waals surface area contributed by atoms with Crippen LogP contribution in [0.2, 0.25) is 0 Å². The highest BCUT2D eigenvalue weighted by atomic mass is 79.9. The SMILES string of the molecule is CCNC(=O)[C@H](C)N(Cc1cccc(Br)c1)C(=O)CN(c1ccc(OCC)cc1)S(=O)(=O)c1ccc(OC)c(OC)c1. The highest BCUT2D eigenvalue weighted by Crippen LogP contribution is 2.33. The van der Waals surface area contributed by atoms with Gasteiger partial charge in [-0.25, -0.2) is 8.42 Å². The number of nitrogens with one attached hydrogen (secondary N) is 1. The molecule has 226 valence electrons. The average Bonchev–Trinajstić information content (AvgIpc) is 2.98. The van der Waals surface area contributed by atoms with Crippen molar-refractivity contribution < 1.29 is 32.2 Å². The number of hydrogen-bond donors (Lipinski definition) is 1. The number of rotatable bonds is 14. The number of ether oxygens (including phenoxy) is 3. The Morgan fingerprint density at radius 2 is 1.64 bits per heavy atom. The molecule has 42 heavy (non-hydrogen) atoms. The molecule has 0 saturated heterocycles. The second kappa shape index (κ2) is 14.9. The van der Waals surface area contributed by atoms with Gasteiger partial charge in [0.25, 0.3) is 10.0 Å². The number of nitrogens with zero attached hydrogens (tertiary/aromatic N) is 2. The number of halogens is 1. The molecule has 0 bridgehead atoms. The van der Waals surface area contributed by atoms with Crippen LogP contribution >= 0.6 is 15.9 Å². The quantitative estimate of drug-likeness (QED) is 0.268. The van der Waals surface area contributed by atoms with Gasteiger partial charge in [-0.05, 0) is 74.9 Å². The van der Waals surface area contributed by atoms with E-state index in [1.54, 1.807) is 38.1 Å². The summed E-state index contributed by atoms with van der Waals surface area (Å²) in [6.45, 7) is 5.59. The van der Waals surface area contributed by atoms with E-state index in [0.29, 0.717) is 24.7 Å². The van der Waals surface area contributed by atoms with Crippen LogP contribution in [0.15, 0.2) is 76.1 Å². The van der Waals surface area contributed by atoms with Crippen molar-refractivity contribution in [3.05, 3.63) is 76.8 Å². The van der Waals surface area contributed by atoms with Gasteiger partial charge in [0, 0.05) is 23.6 Å². The number of sulfonamides is 1. The molecule has 0 aromatic heterocycles. The molecule has 0 heterocycles. The van der Waals surface area contributed by atoms with Crippen LogP contribution in [0.3, 0.4) is 0 Å². The minimum Gasteiger partial charge on any atom is -0.494 e. The zero-order valence-electron chi connectivity index (χ0n) is 24.3. The molecule has 0 aliphatic rings. The van der Waals surface area contributed by atoms with E-state index in [1.807, 2.05) is 31.2 Å². The molecule has 10 nitrogen and oxygen atoms in total. The molecule has 2 amide bonds. The van der Waals surface area contributed by atoms with Gasteiger partial charge in [0.15, 0.2) is 11.5 Å². The lowest BCUT2D eigenvalue weighted by molar-refractivity contribution is -0.139. The molecule has 0 unspecified atom stereocenters. The summed E-state index contributed by atoms with van der Waals surface area (Å²) in [5.41, 5.74) is 1.01. The molecule has 0 saturated carbocycles. The molecule has 12 heteroatoms. The van der Waals surface area contributed by atoms with E-state index in [9.17, 15) is 18.0 Å². The lowest BCUT2D eigenvalue weighted by Gasteiger charge is -2.32. The standard InChI is InChI=1S/C30H36BrN3O7S/c1-6-32-30(36)21(3)33(19-22-9-8-10-23(31)17-22)29(35)20-34(24-11-13-25(14-12-24)41-7-2)42(37,38)26-15-16-27(39-4)28(18-26)40-5/h8-18,21H,6-7,19-20H2,1-5H3,(H,32,36)/t21-/m0/s1. The van der Waals surface area contributed by atoms with Crippen molar-refractivity contribution in [2.24, 2.45) is 0 Å². The Morgan fingerprint density at radius 3 is 2.24 bits per heavy atom. The number of carbonyl (C=O) groups excluding carboxylic acids is 2. The summed E-state index contributed by atoms with van der Waals surface area (Å²) >= 11 is 3.44. The third-order valence-electron chi connectivity index (χ3n) is 6.42. The van der Waals surface area contributed by atoms with Crippen molar-refractivity contribution in [3.8, 4) is 17.2 Å². The van der Waals surface area contributed by atoms with E-state index in [2.05, 4.69) is 21.2 Å². The molecule has 0 radical (unpaired) electrons. The van der Waals surface area contributed by atoms with E-state index in [0.717, 1.165) is 14.3 Å². The minimum absolute atomic E-state index is 0.0874. The summed E-state index contributed by atoms with van der Waals surface area (Å²) in [6.07, 6.45) is 0. The Hall–Kier alpha value is -3.77. The van der Waals surface area contributed by atoms with Gasteiger partial charge in [-0.3, -0.25) is 13.9 Å². The number of amides is 2. The average molecular weight is 663 g/mol. The third kappa shape index (κ3) is 7.95. The number of anilines is 1. The molecule has 3 aromatic rings. The van der Waals surface area contributed by atoms with Gasteiger partial charge in [0.1, 0.15) is 18.3 Å². The van der Waals surface area contributed by atoms with E-state index in [4.69, 9.17) is 14.2 Å². The summed E-state index contributed by atoms with van der Waals surface area (Å²) in [6, 6.07) is 17.1. The van der Waals surface area contributed by atoms with Crippen molar-refractivity contribution >= 4 is 43.5 Å². The molecule has 0 spiro atoms. The predicted molar refractivity (Wildman–Crippen MR) is 165 cm³/mol.